The van der Waals surface area contributed by atoms with Gasteiger partial charge in [-0.3, -0.25) is 67.2 Å². The monoisotopic (exact) mass is 1450 g/mol. The van der Waals surface area contributed by atoms with Gasteiger partial charge in [0.1, 0.15) is 97.7 Å². The van der Waals surface area contributed by atoms with Crippen molar-refractivity contribution < 1.29 is 119 Å². The number of carboxylic acid groups (broad SMARTS) is 2. The summed E-state index contributed by atoms with van der Waals surface area (Å²) >= 11 is 0. The Bertz CT molecular complexity index is 3810. The number of aliphatic hydroxyl groups is 12. The average molecular weight is 1450 g/mol. The number of terminal acetylenes is 1. The fraction of sp³-hybridized carbons (Fsp3) is 0.571. The van der Waals surface area contributed by atoms with E-state index in [2.05, 4.69) is 48.4 Å². The van der Waals surface area contributed by atoms with Crippen molar-refractivity contribution in [2.45, 2.75) is 143 Å². The number of carbonyl (C=O) groups is 4. The third kappa shape index (κ3) is 25.9. The van der Waals surface area contributed by atoms with Crippen LogP contribution in [0.3, 0.4) is 0 Å². The van der Waals surface area contributed by atoms with Gasteiger partial charge in [0, 0.05) is 62.0 Å². The van der Waals surface area contributed by atoms with Crippen molar-refractivity contribution in [1.82, 2.24) is 38.6 Å². The molecule has 4 aliphatic heterocycles. The second-order valence-electron chi connectivity index (χ2n) is 21.0. The fourth-order valence-corrected chi connectivity index (χ4v) is 8.98. The molecule has 0 amide bonds. The first-order valence-electron chi connectivity index (χ1n) is 29.6. The lowest BCUT2D eigenvalue weighted by Gasteiger charge is -2.15. The lowest BCUT2D eigenvalue weighted by atomic mass is 10.0. The maximum Gasteiger partial charge on any atom is 0.329 e. The topological polar surface area (TPSA) is 738 Å². The number of esters is 2. The van der Waals surface area contributed by atoms with E-state index in [9.17, 15) is 98.4 Å². The zero-order valence-electron chi connectivity index (χ0n) is 53.8. The van der Waals surface area contributed by atoms with E-state index in [1.807, 2.05) is 15.0 Å². The van der Waals surface area contributed by atoms with E-state index in [0.29, 0.717) is 19.6 Å². The van der Waals surface area contributed by atoms with Gasteiger partial charge in [0.05, 0.1) is 88.7 Å². The molecule has 45 heteroatoms. The molecule has 45 nitrogen and oxygen atoms in total. The van der Waals surface area contributed by atoms with Crippen molar-refractivity contribution in [3.63, 3.8) is 0 Å². The van der Waals surface area contributed by atoms with Crippen LogP contribution in [-0.4, -0.2) is 268 Å². The minimum Gasteiger partial charge on any atom is -0.481 e. The lowest BCUT2D eigenvalue weighted by molar-refractivity contribution is -0.141. The van der Waals surface area contributed by atoms with Crippen molar-refractivity contribution in [3.8, 4) is 12.3 Å². The molecule has 8 heterocycles. The number of methoxy groups -OCH3 is 2. The van der Waals surface area contributed by atoms with Gasteiger partial charge in [-0.05, 0) is 18.5 Å². The van der Waals surface area contributed by atoms with E-state index in [1.54, 1.807) is 0 Å². The summed E-state index contributed by atoms with van der Waals surface area (Å²) in [4.78, 5) is 148. The summed E-state index contributed by atoms with van der Waals surface area (Å²) < 4.78 is 32.5. The number of rotatable bonds is 21. The van der Waals surface area contributed by atoms with E-state index < -0.39 is 193 Å². The molecule has 0 bridgehead atoms. The summed E-state index contributed by atoms with van der Waals surface area (Å²) in [5, 5.41) is 135. The first-order valence-corrected chi connectivity index (χ1v) is 29.6. The number of aliphatic hydroxyl groups excluding tert-OH is 12. The SMILES string of the molecule is C#CCN.C=CC(=O)OC.COC(=O)CCn1cc([C@@H]2O[C@H](CO)[C@H](O)C2O)c(=O)[nH]c1=O.O=C(O)CCn1cc([C@@H]2O[C@H](CO)[C@H](O)C2O)c(=O)[nH]c1=O.O=C(O)CCn1cc([C@@H]2O[C@H](CO)[C@H](O)C2O)c(=O)[nH]c1=O.O=c1[nH]cc([C@@H]2O[C@H](CO)[C@H](O)C2O)c(=O)[nH]1.[N-]=[N+]=NCCCN. The summed E-state index contributed by atoms with van der Waals surface area (Å²) in [6.45, 7) is 2.13. The molecule has 4 aliphatic rings. The molecule has 8 rings (SSSR count). The van der Waals surface area contributed by atoms with E-state index in [-0.39, 0.29) is 61.2 Å². The first-order chi connectivity index (χ1) is 47.8. The summed E-state index contributed by atoms with van der Waals surface area (Å²) in [6, 6.07) is 0. The number of azide groups is 1. The molecule has 4 fully saturated rings. The van der Waals surface area contributed by atoms with Crippen molar-refractivity contribution in [2.75, 3.05) is 60.3 Å². The number of aliphatic carboxylic acids is 2. The number of H-pyrrole nitrogens is 5. The largest absolute Gasteiger partial charge is 0.481 e. The maximum atomic E-state index is 11.9. The molecule has 0 aromatic carbocycles. The van der Waals surface area contributed by atoms with E-state index in [1.165, 1.54) is 14.2 Å². The van der Waals surface area contributed by atoms with Crippen LogP contribution in [0.4, 0.5) is 0 Å². The Morgan fingerprint density at radius 3 is 1.13 bits per heavy atom. The Balaban J connectivity index is 0.000000426. The highest BCUT2D eigenvalue weighted by Gasteiger charge is 2.47. The number of aryl methyl sites for hydroxylation is 3. The number of nitrogens with zero attached hydrogens (tertiary/aromatic N) is 6. The van der Waals surface area contributed by atoms with Gasteiger partial charge in [0.25, 0.3) is 22.2 Å². The molecule has 0 saturated carbocycles. The highest BCUT2D eigenvalue weighted by Crippen LogP contribution is 2.34. The standard InChI is InChI=1S/C13H18N2O8.2C12H16N2O8.C9H12N2O6.C4H6O2.C3H8N4.C3H5N/c1-22-8(17)2-3-15-4-6(12(20)14-13(15)21)11-10(19)9(18)7(5-16)23-11;2*15-4-6-8(18)9(19)10(22-6)5-3-14(2-1-7(16)17)12(21)13-11(5)20;12-2-4-5(13)6(14)7(17-4)3-1-10-9(16)11-8(3)15;1-3-4(5)6-2;4-2-1-3-6-7-5;1-2-3-4/h4,7,9-11,16,18-19H,2-3,5H2,1H3,(H,14,20,21);2*3,6,8-10,15,18-19H,1-2,4H2,(H,16,17)(H,13,20,21);1,4-7,12-14H,2H2,(H2,10,11,15,16);3H,1H2,2H3;1-4H2;1H,3-4H2/t7-,9+,10?,11+;2*6-,8+,9?,10+;4-,5+,6?,7+;;;/m1111.../s1. The molecular weight excluding hydrogens is 1370 g/mol. The molecule has 4 aromatic rings. The van der Waals surface area contributed by atoms with Gasteiger partial charge in [-0.15, -0.1) is 6.42 Å². The van der Waals surface area contributed by atoms with Crippen LogP contribution in [0.15, 0.2) is 80.9 Å². The van der Waals surface area contributed by atoms with Gasteiger partial charge in [-0.1, -0.05) is 17.6 Å². The normalized spacial score (nSPS) is 25.0. The highest BCUT2D eigenvalue weighted by molar-refractivity contribution is 5.80. The van der Waals surface area contributed by atoms with Crippen LogP contribution in [0.5, 0.6) is 0 Å². The predicted molar refractivity (Wildman–Crippen MR) is 337 cm³/mol. The van der Waals surface area contributed by atoms with Crippen molar-refractivity contribution in [3.05, 3.63) is 153 Å². The summed E-state index contributed by atoms with van der Waals surface area (Å²) in [5.74, 6) is -0.951. The van der Waals surface area contributed by atoms with Crippen molar-refractivity contribution >= 4 is 23.9 Å². The number of nitrogens with one attached hydrogen (secondary N) is 5. The molecule has 101 heavy (non-hydrogen) atoms. The van der Waals surface area contributed by atoms with Crippen LogP contribution in [-0.2, 0) is 67.2 Å². The predicted octanol–water partition coefficient (Wildman–Crippen LogP) is -10.6. The quantitative estimate of drug-likeness (QED) is 0.00700. The third-order valence-electron chi connectivity index (χ3n) is 14.3. The molecule has 4 unspecified atom stereocenters. The average Bonchev–Trinajstić information content (AvgIpc) is 1.78. The van der Waals surface area contributed by atoms with Crippen LogP contribution in [0.2, 0.25) is 0 Å². The number of carboxylic acids is 2. The van der Waals surface area contributed by atoms with Gasteiger partial charge in [0.2, 0.25) is 0 Å². The van der Waals surface area contributed by atoms with Crippen LogP contribution < -0.4 is 56.5 Å². The fourth-order valence-electron chi connectivity index (χ4n) is 8.98. The van der Waals surface area contributed by atoms with Crippen LogP contribution in [0.1, 0.15) is 72.4 Å². The van der Waals surface area contributed by atoms with Crippen LogP contribution in [0.25, 0.3) is 10.4 Å². The maximum absolute atomic E-state index is 11.9. The van der Waals surface area contributed by atoms with Gasteiger partial charge in [-0.25, -0.2) is 24.0 Å². The molecule has 0 spiro atoms. The molecular formula is C56H81N13O32. The summed E-state index contributed by atoms with van der Waals surface area (Å²) in [5.41, 5.74) is 11.1. The second kappa shape index (κ2) is 43.9. The second-order valence-corrected chi connectivity index (χ2v) is 21.0. The van der Waals surface area contributed by atoms with Gasteiger partial charge in [0.15, 0.2) is 0 Å². The number of hydrogen-bond acceptors (Lipinski definition) is 33. The molecule has 562 valence electrons. The number of hydrogen-bond donors (Lipinski definition) is 21. The van der Waals surface area contributed by atoms with Gasteiger partial charge >= 0.3 is 46.6 Å². The number of aromatic nitrogens is 8. The minimum atomic E-state index is -1.45. The van der Waals surface area contributed by atoms with E-state index in [0.717, 1.165) is 51.0 Å². The first kappa shape index (κ1) is 87.6. The van der Waals surface area contributed by atoms with E-state index >= 15 is 0 Å². The van der Waals surface area contributed by atoms with Gasteiger partial charge in [-0.2, -0.15) is 0 Å². The lowest BCUT2D eigenvalue weighted by Crippen LogP contribution is -2.36. The summed E-state index contributed by atoms with van der Waals surface area (Å²) in [6.07, 6.45) is -9.68. The number of nitrogens with two attached hydrogens (primary N) is 2. The minimum absolute atomic E-state index is 0.00731. The van der Waals surface area contributed by atoms with Gasteiger partial charge < -0.3 is 116 Å². The Hall–Kier alpha value is -9.51. The molecule has 23 N–H and O–H groups in total. The van der Waals surface area contributed by atoms with E-state index in [4.69, 9.17) is 66.6 Å². The molecule has 0 radical (unpaired) electrons. The Morgan fingerprint density at radius 2 is 0.891 bits per heavy atom. The highest BCUT2D eigenvalue weighted by atomic mass is 16.6. The number of carbonyl (C=O) groups excluding carboxylic acids is 2. The summed E-state index contributed by atoms with van der Waals surface area (Å²) in [7, 11) is 2.52. The Labute approximate surface area is 565 Å². The third-order valence-corrected chi connectivity index (χ3v) is 14.3. The van der Waals surface area contributed by atoms with Crippen molar-refractivity contribution in [1.29, 1.82) is 0 Å². The van der Waals surface area contributed by atoms with Crippen molar-refractivity contribution in [2.24, 2.45) is 16.6 Å². The molecule has 0 aliphatic carbocycles. The Morgan fingerprint density at radius 1 is 0.574 bits per heavy atom. The molecule has 16 atom stereocenters. The van der Waals surface area contributed by atoms with Crippen LogP contribution >= 0.6 is 0 Å². The van der Waals surface area contributed by atoms with Crippen LogP contribution in [0, 0.1) is 12.3 Å². The number of aromatic amines is 5. The Kier molecular flexibility index (Phi) is 38.1. The molecule has 4 aromatic heterocycles. The number of ether oxygens (including phenoxy) is 6. The molecule has 4 saturated heterocycles. The zero-order chi connectivity index (χ0) is 76.5. The smallest absolute Gasteiger partial charge is 0.329 e. The zero-order valence-corrected chi connectivity index (χ0v) is 53.8.